The number of nitrogens with zero attached hydrogens (tertiary/aromatic N) is 1. The minimum atomic E-state index is -1.01. The van der Waals surface area contributed by atoms with E-state index in [0.29, 0.717) is 0 Å². The van der Waals surface area contributed by atoms with E-state index < -0.39 is 5.97 Å². The topological polar surface area (TPSA) is 57.6 Å². The molecule has 3 rings (SSSR count). The Balaban J connectivity index is 1.95. The first kappa shape index (κ1) is 20.3. The summed E-state index contributed by atoms with van der Waals surface area (Å²) in [7, 11) is 0. The van der Waals surface area contributed by atoms with Crippen LogP contribution in [0.15, 0.2) is 72.8 Å². The number of aryl methyl sites for hydroxylation is 1. The van der Waals surface area contributed by atoms with E-state index in [1.165, 1.54) is 18.2 Å². The molecule has 3 aromatic carbocycles. The van der Waals surface area contributed by atoms with Gasteiger partial charge < -0.3 is 10.0 Å². The number of carboxylic acids is 1. The number of hydrogen-bond acceptors (Lipinski definition) is 2. The van der Waals surface area contributed by atoms with Gasteiger partial charge in [-0.25, -0.2) is 9.18 Å². The van der Waals surface area contributed by atoms with Gasteiger partial charge in [0.25, 0.3) is 0 Å². The predicted octanol–water partition coefficient (Wildman–Crippen LogP) is 4.86. The van der Waals surface area contributed by atoms with Gasteiger partial charge in [0.05, 0.1) is 18.5 Å². The Morgan fingerprint density at radius 2 is 1.66 bits per heavy atom. The van der Waals surface area contributed by atoms with Gasteiger partial charge in [0, 0.05) is 5.69 Å². The molecule has 0 unspecified atom stereocenters. The van der Waals surface area contributed by atoms with Crippen LogP contribution >= 0.6 is 0 Å². The molecule has 0 aliphatic carbocycles. The summed E-state index contributed by atoms with van der Waals surface area (Å²) in [6.45, 7) is 2.27. The molecular formula is C24H22FNO3. The second-order valence-corrected chi connectivity index (χ2v) is 6.77. The fraction of sp³-hybridized carbons (Fsp3) is 0.167. The molecule has 0 bridgehead atoms. The zero-order valence-corrected chi connectivity index (χ0v) is 16.1. The van der Waals surface area contributed by atoms with Crippen LogP contribution < -0.4 is 4.90 Å². The van der Waals surface area contributed by atoms with Crippen LogP contribution in [0, 0.1) is 5.82 Å². The first-order chi connectivity index (χ1) is 14.0. The summed E-state index contributed by atoms with van der Waals surface area (Å²) in [6.07, 6.45) is 0.878. The van der Waals surface area contributed by atoms with Crippen molar-refractivity contribution in [2.24, 2.45) is 0 Å². The monoisotopic (exact) mass is 391 g/mol. The molecule has 0 aliphatic heterocycles. The molecule has 148 valence electrons. The summed E-state index contributed by atoms with van der Waals surface area (Å²) in [6, 6.07) is 20.1. The van der Waals surface area contributed by atoms with E-state index in [1.807, 2.05) is 31.2 Å². The van der Waals surface area contributed by atoms with Crippen LogP contribution in [-0.2, 0) is 24.2 Å². The van der Waals surface area contributed by atoms with Gasteiger partial charge in [-0.2, -0.15) is 0 Å². The first-order valence-corrected chi connectivity index (χ1v) is 9.43. The van der Waals surface area contributed by atoms with E-state index in [9.17, 15) is 19.1 Å². The van der Waals surface area contributed by atoms with Gasteiger partial charge >= 0.3 is 5.97 Å². The third-order valence-electron chi connectivity index (χ3n) is 4.75. The Kier molecular flexibility index (Phi) is 6.39. The van der Waals surface area contributed by atoms with Crippen molar-refractivity contribution in [1.29, 1.82) is 0 Å². The molecule has 0 aromatic heterocycles. The molecule has 0 radical (unpaired) electrons. The number of amides is 1. The van der Waals surface area contributed by atoms with E-state index in [0.717, 1.165) is 28.8 Å². The molecule has 1 N–H and O–H groups in total. The van der Waals surface area contributed by atoms with Crippen LogP contribution in [0.4, 0.5) is 10.1 Å². The summed E-state index contributed by atoms with van der Waals surface area (Å²) in [4.78, 5) is 26.2. The number of hydrogen-bond donors (Lipinski definition) is 1. The fourth-order valence-corrected chi connectivity index (χ4v) is 3.24. The number of para-hydroxylation sites is 1. The second kappa shape index (κ2) is 9.15. The van der Waals surface area contributed by atoms with Gasteiger partial charge in [-0.3, -0.25) is 4.79 Å². The Hall–Kier alpha value is -3.47. The summed E-state index contributed by atoms with van der Waals surface area (Å²) in [5.41, 5.74) is 3.44. The normalized spacial score (nSPS) is 10.6. The average Bonchev–Trinajstić information content (AvgIpc) is 2.73. The van der Waals surface area contributed by atoms with E-state index in [-0.39, 0.29) is 30.3 Å². The van der Waals surface area contributed by atoms with Crippen molar-refractivity contribution in [3.05, 3.63) is 101 Å². The Morgan fingerprint density at radius 1 is 0.931 bits per heavy atom. The lowest BCUT2D eigenvalue weighted by Crippen LogP contribution is -2.32. The maximum absolute atomic E-state index is 13.2. The number of carboxylic acid groups (broad SMARTS) is 1. The lowest BCUT2D eigenvalue weighted by atomic mass is 10.1. The average molecular weight is 391 g/mol. The van der Waals surface area contributed by atoms with Gasteiger partial charge in [-0.1, -0.05) is 49.4 Å². The van der Waals surface area contributed by atoms with Crippen molar-refractivity contribution in [2.75, 3.05) is 4.90 Å². The first-order valence-electron chi connectivity index (χ1n) is 9.43. The van der Waals surface area contributed by atoms with E-state index in [2.05, 4.69) is 0 Å². The van der Waals surface area contributed by atoms with Crippen molar-refractivity contribution in [3.8, 4) is 0 Å². The maximum Gasteiger partial charge on any atom is 0.335 e. The molecule has 0 aliphatic rings. The van der Waals surface area contributed by atoms with Crippen LogP contribution in [-0.4, -0.2) is 17.0 Å². The van der Waals surface area contributed by atoms with Crippen molar-refractivity contribution in [2.45, 2.75) is 26.3 Å². The third kappa shape index (κ3) is 5.08. The molecule has 5 heteroatoms. The standard InChI is InChI=1S/C24H22FNO3/c1-2-19-7-3-4-9-22(19)26(16-18-6-5-8-20(14-18)24(28)29)23(27)15-17-10-12-21(25)13-11-17/h3-14H,2,15-16H2,1H3,(H,28,29). The number of aromatic carboxylic acids is 1. The van der Waals surface area contributed by atoms with E-state index in [1.54, 1.807) is 35.2 Å². The highest BCUT2D eigenvalue weighted by Gasteiger charge is 2.19. The summed E-state index contributed by atoms with van der Waals surface area (Å²) >= 11 is 0. The lowest BCUT2D eigenvalue weighted by molar-refractivity contribution is -0.118. The Morgan fingerprint density at radius 3 is 2.34 bits per heavy atom. The zero-order chi connectivity index (χ0) is 20.8. The third-order valence-corrected chi connectivity index (χ3v) is 4.75. The molecule has 4 nitrogen and oxygen atoms in total. The molecule has 29 heavy (non-hydrogen) atoms. The van der Waals surface area contributed by atoms with Crippen LogP contribution in [0.25, 0.3) is 0 Å². The van der Waals surface area contributed by atoms with Crippen LogP contribution in [0.1, 0.15) is 34.0 Å². The van der Waals surface area contributed by atoms with Gasteiger partial charge in [-0.15, -0.1) is 0 Å². The number of carbonyl (C=O) groups is 2. The molecular weight excluding hydrogens is 369 g/mol. The predicted molar refractivity (Wildman–Crippen MR) is 111 cm³/mol. The minimum Gasteiger partial charge on any atom is -0.478 e. The number of anilines is 1. The summed E-state index contributed by atoms with van der Waals surface area (Å²) in [5.74, 6) is -1.50. The molecule has 0 saturated carbocycles. The van der Waals surface area contributed by atoms with Crippen LogP contribution in [0.5, 0.6) is 0 Å². The van der Waals surface area contributed by atoms with E-state index in [4.69, 9.17) is 0 Å². The summed E-state index contributed by atoms with van der Waals surface area (Å²) < 4.78 is 13.2. The zero-order valence-electron chi connectivity index (χ0n) is 16.1. The highest BCUT2D eigenvalue weighted by atomic mass is 19.1. The molecule has 0 heterocycles. The summed E-state index contributed by atoms with van der Waals surface area (Å²) in [5, 5.41) is 9.26. The molecule has 1 amide bonds. The molecule has 0 atom stereocenters. The van der Waals surface area contributed by atoms with Crippen LogP contribution in [0.2, 0.25) is 0 Å². The SMILES string of the molecule is CCc1ccccc1N(Cc1cccc(C(=O)O)c1)C(=O)Cc1ccc(F)cc1. The number of benzene rings is 3. The number of halogens is 1. The largest absolute Gasteiger partial charge is 0.478 e. The van der Waals surface area contributed by atoms with Gasteiger partial charge in [0.1, 0.15) is 5.82 Å². The Bertz CT molecular complexity index is 1010. The fourth-order valence-electron chi connectivity index (χ4n) is 3.24. The Labute approximate surface area is 169 Å². The highest BCUT2D eigenvalue weighted by molar-refractivity contribution is 5.95. The van der Waals surface area contributed by atoms with Gasteiger partial charge in [0.2, 0.25) is 5.91 Å². The molecule has 0 spiro atoms. The van der Waals surface area contributed by atoms with Crippen molar-refractivity contribution >= 4 is 17.6 Å². The molecule has 0 fully saturated rings. The van der Waals surface area contributed by atoms with Crippen molar-refractivity contribution in [1.82, 2.24) is 0 Å². The van der Waals surface area contributed by atoms with Crippen LogP contribution in [0.3, 0.4) is 0 Å². The highest BCUT2D eigenvalue weighted by Crippen LogP contribution is 2.24. The van der Waals surface area contributed by atoms with Gasteiger partial charge in [0.15, 0.2) is 0 Å². The lowest BCUT2D eigenvalue weighted by Gasteiger charge is -2.26. The number of carbonyl (C=O) groups excluding carboxylic acids is 1. The maximum atomic E-state index is 13.2. The molecule has 3 aromatic rings. The molecule has 0 saturated heterocycles. The van der Waals surface area contributed by atoms with Gasteiger partial charge in [-0.05, 0) is 53.4 Å². The quantitative estimate of drug-likeness (QED) is 0.626. The minimum absolute atomic E-state index is 0.122. The smallest absolute Gasteiger partial charge is 0.335 e. The van der Waals surface area contributed by atoms with Crippen molar-refractivity contribution in [3.63, 3.8) is 0 Å². The van der Waals surface area contributed by atoms with Crippen molar-refractivity contribution < 1.29 is 19.1 Å². The van der Waals surface area contributed by atoms with E-state index >= 15 is 0 Å². The second-order valence-electron chi connectivity index (χ2n) is 6.77. The number of rotatable bonds is 7.